The maximum Gasteiger partial charge on any atom is 0.251 e. The Morgan fingerprint density at radius 1 is 1.37 bits per heavy atom. The van der Waals surface area contributed by atoms with E-state index < -0.39 is 0 Å². The van der Waals surface area contributed by atoms with Crippen LogP contribution in [-0.2, 0) is 4.74 Å². The third kappa shape index (κ3) is 5.28. The van der Waals surface area contributed by atoms with Gasteiger partial charge in [-0.3, -0.25) is 4.79 Å². The summed E-state index contributed by atoms with van der Waals surface area (Å²) in [4.78, 5) is 13.9. The number of nitrogens with one attached hydrogen (secondary N) is 1. The molecule has 3 N–H and O–H groups in total. The van der Waals surface area contributed by atoms with E-state index in [4.69, 9.17) is 10.5 Å². The normalized spacial score (nSPS) is 12.0. The van der Waals surface area contributed by atoms with Gasteiger partial charge in [-0.05, 0) is 30.7 Å². The fourth-order valence-electron chi connectivity index (χ4n) is 1.68. The van der Waals surface area contributed by atoms with Crippen molar-refractivity contribution in [3.05, 3.63) is 29.8 Å². The first-order valence-electron chi connectivity index (χ1n) is 6.34. The smallest absolute Gasteiger partial charge is 0.251 e. The molecular weight excluding hydrogens is 242 g/mol. The van der Waals surface area contributed by atoms with Crippen LogP contribution in [0.2, 0.25) is 0 Å². The second kappa shape index (κ2) is 7.76. The van der Waals surface area contributed by atoms with E-state index in [0.29, 0.717) is 25.1 Å². The highest BCUT2D eigenvalue weighted by Crippen LogP contribution is 2.11. The van der Waals surface area contributed by atoms with Crippen molar-refractivity contribution in [1.29, 1.82) is 0 Å². The lowest BCUT2D eigenvalue weighted by atomic mass is 10.2. The predicted molar refractivity (Wildman–Crippen MR) is 77.6 cm³/mol. The molecule has 19 heavy (non-hydrogen) atoms. The lowest BCUT2D eigenvalue weighted by molar-refractivity contribution is 0.0950. The van der Waals surface area contributed by atoms with Crippen molar-refractivity contribution in [1.82, 2.24) is 5.32 Å². The highest BCUT2D eigenvalue weighted by molar-refractivity contribution is 5.94. The van der Waals surface area contributed by atoms with E-state index >= 15 is 0 Å². The van der Waals surface area contributed by atoms with E-state index in [-0.39, 0.29) is 11.9 Å². The van der Waals surface area contributed by atoms with Crippen molar-refractivity contribution in [2.75, 3.05) is 39.3 Å². The van der Waals surface area contributed by atoms with Crippen LogP contribution in [0.1, 0.15) is 16.8 Å². The molecule has 1 atom stereocenters. The number of nitrogens with zero attached hydrogens (tertiary/aromatic N) is 1. The van der Waals surface area contributed by atoms with Crippen LogP contribution >= 0.6 is 0 Å². The van der Waals surface area contributed by atoms with Crippen LogP contribution in [0.15, 0.2) is 24.3 Å². The lowest BCUT2D eigenvalue weighted by Crippen LogP contribution is -2.32. The highest BCUT2D eigenvalue weighted by atomic mass is 16.5. The molecule has 0 saturated carbocycles. The van der Waals surface area contributed by atoms with Crippen molar-refractivity contribution < 1.29 is 9.53 Å². The Bertz CT molecular complexity index is 390. The predicted octanol–water partition coefficient (Wildman–Crippen LogP) is 0.846. The van der Waals surface area contributed by atoms with Crippen LogP contribution in [0.3, 0.4) is 0 Å². The number of carbonyl (C=O) groups is 1. The average molecular weight is 265 g/mol. The molecule has 0 aliphatic carbocycles. The van der Waals surface area contributed by atoms with Gasteiger partial charge in [0.25, 0.3) is 5.91 Å². The molecule has 106 valence electrons. The maximum absolute atomic E-state index is 11.9. The summed E-state index contributed by atoms with van der Waals surface area (Å²) in [6.07, 6.45) is 0.704. The van der Waals surface area contributed by atoms with Crippen LogP contribution in [0, 0.1) is 0 Å². The van der Waals surface area contributed by atoms with E-state index in [1.807, 2.05) is 43.3 Å². The molecule has 0 heterocycles. The third-order valence-electron chi connectivity index (χ3n) is 2.83. The summed E-state index contributed by atoms with van der Waals surface area (Å²) in [6.45, 7) is 1.06. The average Bonchev–Trinajstić information content (AvgIpc) is 2.39. The Kier molecular flexibility index (Phi) is 6.32. The van der Waals surface area contributed by atoms with Gasteiger partial charge in [-0.25, -0.2) is 0 Å². The number of nitrogens with two attached hydrogens (primary N) is 1. The maximum atomic E-state index is 11.9. The van der Waals surface area contributed by atoms with E-state index in [1.165, 1.54) is 0 Å². The molecule has 0 spiro atoms. The van der Waals surface area contributed by atoms with Gasteiger partial charge in [0, 0.05) is 45.0 Å². The second-order valence-electron chi connectivity index (χ2n) is 4.70. The van der Waals surface area contributed by atoms with Crippen LogP contribution in [0.25, 0.3) is 0 Å². The summed E-state index contributed by atoms with van der Waals surface area (Å²) < 4.78 is 4.94. The van der Waals surface area contributed by atoms with E-state index in [2.05, 4.69) is 5.32 Å². The molecule has 0 fully saturated rings. The van der Waals surface area contributed by atoms with Gasteiger partial charge in [-0.15, -0.1) is 0 Å². The highest BCUT2D eigenvalue weighted by Gasteiger charge is 2.07. The molecule has 1 amide bonds. The number of amides is 1. The van der Waals surface area contributed by atoms with Crippen LogP contribution in [0.5, 0.6) is 0 Å². The van der Waals surface area contributed by atoms with Crippen molar-refractivity contribution in [3.8, 4) is 0 Å². The lowest BCUT2D eigenvalue weighted by Gasteiger charge is -2.13. The summed E-state index contributed by atoms with van der Waals surface area (Å²) >= 11 is 0. The SMILES string of the molecule is COCC(N)CCNC(=O)c1ccc(N(C)C)cc1. The van der Waals surface area contributed by atoms with Gasteiger partial charge in [0.05, 0.1) is 6.61 Å². The third-order valence-corrected chi connectivity index (χ3v) is 2.83. The number of carbonyl (C=O) groups excluding carboxylic acids is 1. The first kappa shape index (κ1) is 15.5. The van der Waals surface area contributed by atoms with Gasteiger partial charge < -0.3 is 20.7 Å². The molecule has 0 aromatic heterocycles. The summed E-state index contributed by atoms with van der Waals surface area (Å²) in [6, 6.07) is 7.44. The van der Waals surface area contributed by atoms with E-state index in [9.17, 15) is 4.79 Å². The van der Waals surface area contributed by atoms with Gasteiger partial charge in [0.1, 0.15) is 0 Å². The molecule has 1 rings (SSSR count). The number of methoxy groups -OCH3 is 1. The molecule has 0 aliphatic heterocycles. The van der Waals surface area contributed by atoms with Gasteiger partial charge in [-0.2, -0.15) is 0 Å². The Morgan fingerprint density at radius 3 is 2.53 bits per heavy atom. The van der Waals surface area contributed by atoms with Gasteiger partial charge in [0.15, 0.2) is 0 Å². The summed E-state index contributed by atoms with van der Waals surface area (Å²) in [5, 5.41) is 2.85. The van der Waals surface area contributed by atoms with Crippen molar-refractivity contribution in [2.45, 2.75) is 12.5 Å². The number of rotatable bonds is 7. The van der Waals surface area contributed by atoms with Crippen LogP contribution in [0.4, 0.5) is 5.69 Å². The first-order chi connectivity index (χ1) is 9.04. The van der Waals surface area contributed by atoms with Crippen molar-refractivity contribution >= 4 is 11.6 Å². The Balaban J connectivity index is 2.41. The van der Waals surface area contributed by atoms with Gasteiger partial charge in [0.2, 0.25) is 0 Å². The largest absolute Gasteiger partial charge is 0.383 e. The zero-order chi connectivity index (χ0) is 14.3. The van der Waals surface area contributed by atoms with Crippen LogP contribution < -0.4 is 16.0 Å². The van der Waals surface area contributed by atoms with E-state index in [0.717, 1.165) is 5.69 Å². The summed E-state index contributed by atoms with van der Waals surface area (Å²) in [5.41, 5.74) is 7.51. The number of benzene rings is 1. The van der Waals surface area contributed by atoms with Crippen molar-refractivity contribution in [2.24, 2.45) is 5.73 Å². The molecule has 0 radical (unpaired) electrons. The molecule has 5 heteroatoms. The Hall–Kier alpha value is -1.59. The number of hydrogen-bond donors (Lipinski definition) is 2. The molecule has 1 aromatic rings. The molecule has 0 bridgehead atoms. The minimum absolute atomic E-state index is 0.0404. The monoisotopic (exact) mass is 265 g/mol. The minimum Gasteiger partial charge on any atom is -0.383 e. The molecule has 0 aliphatic rings. The quantitative estimate of drug-likeness (QED) is 0.767. The zero-order valence-electron chi connectivity index (χ0n) is 11.8. The number of anilines is 1. The molecule has 1 unspecified atom stereocenters. The summed E-state index contributed by atoms with van der Waals surface area (Å²) in [7, 11) is 5.54. The van der Waals surface area contributed by atoms with E-state index in [1.54, 1.807) is 7.11 Å². The standard InChI is InChI=1S/C14H23N3O2/c1-17(2)13-6-4-11(5-7-13)14(18)16-9-8-12(15)10-19-3/h4-7,12H,8-10,15H2,1-3H3,(H,16,18). The molecule has 5 nitrogen and oxygen atoms in total. The first-order valence-corrected chi connectivity index (χ1v) is 6.34. The van der Waals surface area contributed by atoms with Gasteiger partial charge >= 0.3 is 0 Å². The zero-order valence-corrected chi connectivity index (χ0v) is 11.8. The molecular formula is C14H23N3O2. The number of ether oxygens (including phenoxy) is 1. The van der Waals surface area contributed by atoms with Crippen molar-refractivity contribution in [3.63, 3.8) is 0 Å². The Morgan fingerprint density at radius 2 is 2.00 bits per heavy atom. The molecule has 1 aromatic carbocycles. The number of hydrogen-bond acceptors (Lipinski definition) is 4. The minimum atomic E-state index is -0.0741. The molecule has 0 saturated heterocycles. The topological polar surface area (TPSA) is 67.6 Å². The fourth-order valence-corrected chi connectivity index (χ4v) is 1.68. The Labute approximate surface area is 114 Å². The second-order valence-corrected chi connectivity index (χ2v) is 4.70. The van der Waals surface area contributed by atoms with Crippen LogP contribution in [-0.4, -0.2) is 46.3 Å². The summed E-state index contributed by atoms with van der Waals surface area (Å²) in [5.74, 6) is -0.0741. The van der Waals surface area contributed by atoms with Gasteiger partial charge in [-0.1, -0.05) is 0 Å². The fraction of sp³-hybridized carbons (Fsp3) is 0.500.